The lowest BCUT2D eigenvalue weighted by atomic mass is 9.93. The maximum absolute atomic E-state index is 14.6. The number of rotatable bonds is 5. The summed E-state index contributed by atoms with van der Waals surface area (Å²) in [5.74, 6) is -3.40. The molecule has 3 aromatic rings. The summed E-state index contributed by atoms with van der Waals surface area (Å²) in [5, 5.41) is 17.4. The van der Waals surface area contributed by atoms with Gasteiger partial charge in [-0.3, -0.25) is 4.79 Å². The molecule has 1 aliphatic heterocycles. The van der Waals surface area contributed by atoms with Crippen LogP contribution < -0.4 is 11.1 Å². The molecule has 0 bridgehead atoms. The van der Waals surface area contributed by atoms with Crippen LogP contribution in [-0.2, 0) is 6.54 Å². The minimum atomic E-state index is -1.30. The zero-order valence-electron chi connectivity index (χ0n) is 17.5. The van der Waals surface area contributed by atoms with Gasteiger partial charge in [0.15, 0.2) is 11.6 Å². The fourth-order valence-electron chi connectivity index (χ4n) is 3.76. The zero-order chi connectivity index (χ0) is 23.2. The molecule has 0 spiro atoms. The summed E-state index contributed by atoms with van der Waals surface area (Å²) in [4.78, 5) is 14.3. The Morgan fingerprint density at radius 3 is 2.50 bits per heavy atom. The number of nitrogens with zero attached hydrogens (tertiary/aromatic N) is 3. The minimum Gasteiger partial charge on any atom is -0.384 e. The molecule has 1 amide bonds. The molecular weight excluding hydrogens is 423 g/mol. The van der Waals surface area contributed by atoms with E-state index in [9.17, 15) is 23.1 Å². The van der Waals surface area contributed by atoms with Crippen LogP contribution in [0.3, 0.4) is 0 Å². The smallest absolute Gasteiger partial charge is 0.256 e. The van der Waals surface area contributed by atoms with Gasteiger partial charge in [-0.25, -0.2) is 17.9 Å². The van der Waals surface area contributed by atoms with Gasteiger partial charge in [0, 0.05) is 6.07 Å². The molecule has 1 fully saturated rings. The van der Waals surface area contributed by atoms with Gasteiger partial charge in [-0.2, -0.15) is 5.10 Å². The van der Waals surface area contributed by atoms with Crippen LogP contribution in [0, 0.1) is 31.3 Å². The normalized spacial score (nSPS) is 14.9. The number of aryl methyl sites for hydroxylation is 2. The minimum absolute atomic E-state index is 0.0541. The summed E-state index contributed by atoms with van der Waals surface area (Å²) in [6.07, 6.45) is 0. The quantitative estimate of drug-likeness (QED) is 0.561. The molecule has 0 unspecified atom stereocenters. The van der Waals surface area contributed by atoms with Crippen molar-refractivity contribution in [2.75, 3.05) is 24.1 Å². The second-order valence-electron chi connectivity index (χ2n) is 8.15. The molecule has 10 heteroatoms. The summed E-state index contributed by atoms with van der Waals surface area (Å²) in [5.41, 5.74) is 5.18. The second kappa shape index (κ2) is 7.86. The molecule has 168 valence electrons. The molecule has 1 saturated heterocycles. The topological polar surface area (TPSA) is 96.4 Å². The summed E-state index contributed by atoms with van der Waals surface area (Å²) in [7, 11) is 0. The van der Waals surface area contributed by atoms with Gasteiger partial charge in [-0.15, -0.1) is 0 Å². The number of benzene rings is 2. The Morgan fingerprint density at radius 1 is 1.16 bits per heavy atom. The van der Waals surface area contributed by atoms with Crippen molar-refractivity contribution in [1.82, 2.24) is 14.7 Å². The first kappa shape index (κ1) is 21.7. The van der Waals surface area contributed by atoms with Crippen LogP contribution in [0.4, 0.5) is 30.4 Å². The van der Waals surface area contributed by atoms with Crippen molar-refractivity contribution < 1.29 is 23.1 Å². The van der Waals surface area contributed by atoms with Gasteiger partial charge in [-0.05, 0) is 43.7 Å². The van der Waals surface area contributed by atoms with Gasteiger partial charge < -0.3 is 21.1 Å². The Balaban J connectivity index is 1.55. The number of β-amino-alcohol motifs (C(OH)–C–C–N with tert-alkyl or cyclic N) is 1. The summed E-state index contributed by atoms with van der Waals surface area (Å²) in [6.45, 7) is 3.42. The fourth-order valence-corrected chi connectivity index (χ4v) is 3.76. The Labute approximate surface area is 182 Å². The van der Waals surface area contributed by atoms with Crippen molar-refractivity contribution in [1.29, 1.82) is 0 Å². The van der Waals surface area contributed by atoms with Gasteiger partial charge in [-0.1, -0.05) is 6.07 Å². The first-order chi connectivity index (χ1) is 15.1. The van der Waals surface area contributed by atoms with E-state index < -0.39 is 34.6 Å². The maximum atomic E-state index is 14.6. The number of aliphatic hydroxyl groups is 1. The van der Waals surface area contributed by atoms with Crippen molar-refractivity contribution in [3.8, 4) is 0 Å². The highest BCUT2D eigenvalue weighted by Gasteiger charge is 2.45. The lowest BCUT2D eigenvalue weighted by Gasteiger charge is -2.46. The Hall–Kier alpha value is -3.53. The third kappa shape index (κ3) is 4.01. The number of nitrogens with one attached hydrogen (secondary N) is 1. The van der Waals surface area contributed by atoms with Crippen LogP contribution in [0.2, 0.25) is 0 Å². The molecule has 32 heavy (non-hydrogen) atoms. The van der Waals surface area contributed by atoms with Crippen molar-refractivity contribution in [2.45, 2.75) is 26.0 Å². The molecule has 2 heterocycles. The summed E-state index contributed by atoms with van der Waals surface area (Å²) >= 11 is 0. The lowest BCUT2D eigenvalue weighted by molar-refractivity contribution is -0.0924. The van der Waals surface area contributed by atoms with Crippen molar-refractivity contribution in [3.05, 3.63) is 70.7 Å². The highest BCUT2D eigenvalue weighted by atomic mass is 19.2. The second-order valence-corrected chi connectivity index (χ2v) is 8.15. The highest BCUT2D eigenvalue weighted by molar-refractivity contribution is 6.01. The van der Waals surface area contributed by atoms with Crippen LogP contribution >= 0.6 is 0 Å². The van der Waals surface area contributed by atoms with Crippen LogP contribution in [0.1, 0.15) is 21.6 Å². The van der Waals surface area contributed by atoms with E-state index in [1.54, 1.807) is 26.0 Å². The first-order valence-corrected chi connectivity index (χ1v) is 9.89. The monoisotopic (exact) mass is 445 g/mol. The number of aromatic nitrogens is 2. The number of hydrogen-bond acceptors (Lipinski definition) is 5. The van der Waals surface area contributed by atoms with E-state index in [0.29, 0.717) is 17.1 Å². The number of carbonyl (C=O) groups excluding carboxylic acids is 1. The lowest BCUT2D eigenvalue weighted by Crippen LogP contribution is -2.65. The molecule has 0 radical (unpaired) electrons. The molecule has 0 atom stereocenters. The van der Waals surface area contributed by atoms with Gasteiger partial charge in [0.25, 0.3) is 5.91 Å². The van der Waals surface area contributed by atoms with Crippen molar-refractivity contribution in [2.24, 2.45) is 0 Å². The molecule has 0 saturated carbocycles. The van der Waals surface area contributed by atoms with Gasteiger partial charge in [0.1, 0.15) is 17.2 Å². The Morgan fingerprint density at radius 2 is 1.88 bits per heavy atom. The number of anilines is 3. The van der Waals surface area contributed by atoms with Crippen LogP contribution in [0.5, 0.6) is 0 Å². The Bertz CT molecular complexity index is 1200. The maximum Gasteiger partial charge on any atom is 0.256 e. The number of hydrogen-bond donors (Lipinski definition) is 3. The Kier molecular flexibility index (Phi) is 5.33. The molecular formula is C22H22F3N5O2. The van der Waals surface area contributed by atoms with E-state index in [1.807, 2.05) is 0 Å². The molecule has 4 N–H and O–H groups in total. The molecule has 4 rings (SSSR count). The number of carbonyl (C=O) groups is 1. The van der Waals surface area contributed by atoms with Crippen molar-refractivity contribution >= 4 is 23.1 Å². The van der Waals surface area contributed by atoms with Crippen LogP contribution in [-0.4, -0.2) is 44.4 Å². The van der Waals surface area contributed by atoms with Gasteiger partial charge in [0.2, 0.25) is 0 Å². The van der Waals surface area contributed by atoms with Crippen LogP contribution in [0.25, 0.3) is 0 Å². The van der Waals surface area contributed by atoms with Gasteiger partial charge in [0.05, 0.1) is 42.3 Å². The molecule has 2 aromatic carbocycles. The first-order valence-electron chi connectivity index (χ1n) is 9.89. The molecule has 1 aliphatic rings. The predicted molar refractivity (Wildman–Crippen MR) is 113 cm³/mol. The summed E-state index contributed by atoms with van der Waals surface area (Å²) in [6, 6.07) is 7.83. The number of nitrogens with two attached hydrogens (primary N) is 1. The summed E-state index contributed by atoms with van der Waals surface area (Å²) < 4.78 is 44.2. The number of nitrogen functional groups attached to an aromatic ring is 1. The van der Waals surface area contributed by atoms with E-state index in [1.165, 1.54) is 21.7 Å². The molecule has 7 nitrogen and oxygen atoms in total. The fraction of sp³-hybridized carbons (Fsp3) is 0.273. The molecule has 1 aromatic heterocycles. The number of amides is 1. The van der Waals surface area contributed by atoms with E-state index in [-0.39, 0.29) is 30.9 Å². The average molecular weight is 445 g/mol. The van der Waals surface area contributed by atoms with Gasteiger partial charge >= 0.3 is 0 Å². The third-order valence-corrected chi connectivity index (χ3v) is 5.34. The van der Waals surface area contributed by atoms with Crippen molar-refractivity contribution in [3.63, 3.8) is 0 Å². The van der Waals surface area contributed by atoms with E-state index in [0.717, 1.165) is 12.1 Å². The molecule has 0 aliphatic carbocycles. The SMILES string of the molecule is Cc1ccc(Nc2c(C(=O)N3CC(O)(Cn4nc(C)cc4N)C3)ccc(F)c2F)c(F)c1. The van der Waals surface area contributed by atoms with E-state index in [2.05, 4.69) is 10.4 Å². The third-order valence-electron chi connectivity index (χ3n) is 5.34. The van der Waals surface area contributed by atoms with Crippen LogP contribution in [0.15, 0.2) is 36.4 Å². The largest absolute Gasteiger partial charge is 0.384 e. The number of likely N-dealkylation sites (tertiary alicyclic amines) is 1. The highest BCUT2D eigenvalue weighted by Crippen LogP contribution is 2.32. The number of halogens is 3. The van der Waals surface area contributed by atoms with E-state index in [4.69, 9.17) is 5.73 Å². The zero-order valence-corrected chi connectivity index (χ0v) is 17.5. The average Bonchev–Trinajstić information content (AvgIpc) is 3.01. The van der Waals surface area contributed by atoms with E-state index >= 15 is 0 Å². The predicted octanol–water partition coefficient (Wildman–Crippen LogP) is 3.13. The standard InChI is InChI=1S/C22H22F3N5O2/c1-12-3-6-17(16(24)7-12)27-20-14(4-5-15(23)19(20)25)21(31)29-9-22(32,10-29)11-30-18(26)8-13(2)28-30/h3-8,27,32H,9-11,26H2,1-2H3.